The van der Waals surface area contributed by atoms with Gasteiger partial charge in [0.25, 0.3) is 0 Å². The molecule has 1 aromatic rings. The van der Waals surface area contributed by atoms with E-state index in [4.69, 9.17) is 0 Å². The van der Waals surface area contributed by atoms with Gasteiger partial charge in [-0.25, -0.2) is 0 Å². The maximum absolute atomic E-state index is 9.84. The summed E-state index contributed by atoms with van der Waals surface area (Å²) in [5, 5.41) is 0. The lowest BCUT2D eigenvalue weighted by Crippen LogP contribution is -2.24. The Morgan fingerprint density at radius 1 is 1.38 bits per heavy atom. The van der Waals surface area contributed by atoms with Gasteiger partial charge in [0, 0.05) is 12.4 Å². The van der Waals surface area contributed by atoms with Gasteiger partial charge < -0.3 is 5.43 Å². The van der Waals surface area contributed by atoms with Crippen LogP contribution < -0.4 is 10.9 Å². The quantitative estimate of drug-likeness (QED) is 0.402. The molecule has 1 heterocycles. The van der Waals surface area contributed by atoms with Crippen molar-refractivity contribution in [2.45, 2.75) is 6.92 Å². The van der Waals surface area contributed by atoms with Gasteiger partial charge in [-0.15, -0.1) is 0 Å². The normalized spacial score (nSPS) is 9.92. The molecular weight excluding hydrogens is 166 g/mol. The van der Waals surface area contributed by atoms with Crippen LogP contribution in [0.15, 0.2) is 24.5 Å². The standard InChI is InChI=1S/C9H11N3O/c1-8-2-3-9(10-6-8)4-5-11-12-7-13/h2-7,11H,1H3,(H,12,13)/b5-4+. The van der Waals surface area contributed by atoms with Gasteiger partial charge in [-0.1, -0.05) is 6.07 Å². The molecule has 0 saturated heterocycles. The third kappa shape index (κ3) is 3.37. The second kappa shape index (κ2) is 4.92. The third-order valence-electron chi connectivity index (χ3n) is 1.41. The lowest BCUT2D eigenvalue weighted by atomic mass is 10.3. The summed E-state index contributed by atoms with van der Waals surface area (Å²) >= 11 is 0. The van der Waals surface area contributed by atoms with Crippen molar-refractivity contribution in [1.29, 1.82) is 0 Å². The molecule has 0 aromatic carbocycles. The lowest BCUT2D eigenvalue weighted by molar-refractivity contribution is -0.110. The minimum atomic E-state index is 0.562. The Kier molecular flexibility index (Phi) is 3.50. The molecule has 1 aromatic heterocycles. The van der Waals surface area contributed by atoms with E-state index in [-0.39, 0.29) is 0 Å². The van der Waals surface area contributed by atoms with Crippen LogP contribution in [0.25, 0.3) is 6.08 Å². The van der Waals surface area contributed by atoms with E-state index in [1.807, 2.05) is 19.1 Å². The van der Waals surface area contributed by atoms with E-state index >= 15 is 0 Å². The van der Waals surface area contributed by atoms with Crippen LogP contribution in [-0.2, 0) is 4.79 Å². The fourth-order valence-corrected chi connectivity index (χ4v) is 0.787. The number of carbonyl (C=O) groups is 1. The first-order valence-corrected chi connectivity index (χ1v) is 3.87. The Morgan fingerprint density at radius 3 is 2.85 bits per heavy atom. The number of nitrogens with one attached hydrogen (secondary N) is 2. The molecule has 0 bridgehead atoms. The molecule has 13 heavy (non-hydrogen) atoms. The van der Waals surface area contributed by atoms with Gasteiger partial charge in [0.05, 0.1) is 5.69 Å². The van der Waals surface area contributed by atoms with Crippen LogP contribution in [0.5, 0.6) is 0 Å². The molecule has 0 aliphatic rings. The number of rotatable bonds is 4. The smallest absolute Gasteiger partial charge is 0.225 e. The molecular formula is C9H11N3O. The summed E-state index contributed by atoms with van der Waals surface area (Å²) in [6.07, 6.45) is 5.71. The molecule has 0 fully saturated rings. The highest BCUT2D eigenvalue weighted by Gasteiger charge is 1.86. The van der Waals surface area contributed by atoms with Crippen molar-refractivity contribution in [1.82, 2.24) is 15.8 Å². The Hall–Kier alpha value is -1.84. The molecule has 2 N–H and O–H groups in total. The zero-order valence-corrected chi connectivity index (χ0v) is 7.32. The second-order valence-corrected chi connectivity index (χ2v) is 2.50. The van der Waals surface area contributed by atoms with Crippen molar-refractivity contribution in [3.05, 3.63) is 35.8 Å². The van der Waals surface area contributed by atoms with Crippen LogP contribution >= 0.6 is 0 Å². The zero-order valence-electron chi connectivity index (χ0n) is 7.32. The minimum Gasteiger partial charge on any atom is -0.306 e. The summed E-state index contributed by atoms with van der Waals surface area (Å²) in [6, 6.07) is 3.87. The van der Waals surface area contributed by atoms with Crippen molar-refractivity contribution >= 4 is 12.5 Å². The summed E-state index contributed by atoms with van der Waals surface area (Å²) in [7, 11) is 0. The van der Waals surface area contributed by atoms with Gasteiger partial charge in [0.15, 0.2) is 0 Å². The van der Waals surface area contributed by atoms with Gasteiger partial charge in [-0.3, -0.25) is 15.2 Å². The van der Waals surface area contributed by atoms with Crippen LogP contribution in [0.3, 0.4) is 0 Å². The molecule has 0 aliphatic carbocycles. The summed E-state index contributed by atoms with van der Waals surface area (Å²) in [6.45, 7) is 1.98. The highest BCUT2D eigenvalue weighted by Crippen LogP contribution is 1.99. The number of aryl methyl sites for hydroxylation is 1. The Morgan fingerprint density at radius 2 is 2.23 bits per heavy atom. The minimum absolute atomic E-state index is 0.562. The summed E-state index contributed by atoms with van der Waals surface area (Å²) in [5.74, 6) is 0. The first-order chi connectivity index (χ1) is 6.33. The average molecular weight is 177 g/mol. The van der Waals surface area contributed by atoms with Crippen LogP contribution in [0.4, 0.5) is 0 Å². The third-order valence-corrected chi connectivity index (χ3v) is 1.41. The fourth-order valence-electron chi connectivity index (χ4n) is 0.787. The van der Waals surface area contributed by atoms with Gasteiger partial charge in [-0.05, 0) is 24.6 Å². The predicted octanol–water partition coefficient (Wildman–Crippen LogP) is 0.611. The van der Waals surface area contributed by atoms with Crippen molar-refractivity contribution in [3.8, 4) is 0 Å². The van der Waals surface area contributed by atoms with Gasteiger partial charge >= 0.3 is 0 Å². The topological polar surface area (TPSA) is 54.0 Å². The van der Waals surface area contributed by atoms with E-state index in [1.54, 1.807) is 18.5 Å². The number of amides is 1. The Labute approximate surface area is 76.7 Å². The van der Waals surface area contributed by atoms with E-state index in [0.717, 1.165) is 11.3 Å². The maximum Gasteiger partial charge on any atom is 0.225 e. The number of pyridine rings is 1. The second-order valence-electron chi connectivity index (χ2n) is 2.50. The van der Waals surface area contributed by atoms with Crippen molar-refractivity contribution < 1.29 is 4.79 Å². The largest absolute Gasteiger partial charge is 0.306 e. The summed E-state index contributed by atoms with van der Waals surface area (Å²) in [4.78, 5) is 14.0. The zero-order chi connectivity index (χ0) is 9.52. The molecule has 1 rings (SSSR count). The number of carbonyl (C=O) groups excluding carboxylic acids is 1. The van der Waals surface area contributed by atoms with Crippen LogP contribution in [0, 0.1) is 6.92 Å². The molecule has 0 aliphatic heterocycles. The Balaban J connectivity index is 2.49. The van der Waals surface area contributed by atoms with Gasteiger partial charge in [0.2, 0.25) is 6.41 Å². The van der Waals surface area contributed by atoms with E-state index in [0.29, 0.717) is 6.41 Å². The number of hydrogen-bond acceptors (Lipinski definition) is 3. The molecule has 0 radical (unpaired) electrons. The number of hydrogen-bond donors (Lipinski definition) is 2. The first kappa shape index (κ1) is 9.25. The number of nitrogens with zero attached hydrogens (tertiary/aromatic N) is 1. The molecule has 0 unspecified atom stereocenters. The molecule has 68 valence electrons. The Bertz CT molecular complexity index is 292. The van der Waals surface area contributed by atoms with Gasteiger partial charge in [-0.2, -0.15) is 0 Å². The van der Waals surface area contributed by atoms with Gasteiger partial charge in [0.1, 0.15) is 0 Å². The molecule has 0 saturated carbocycles. The predicted molar refractivity (Wildman–Crippen MR) is 50.3 cm³/mol. The van der Waals surface area contributed by atoms with Crippen LogP contribution in [0.1, 0.15) is 11.3 Å². The van der Waals surface area contributed by atoms with Crippen molar-refractivity contribution in [3.63, 3.8) is 0 Å². The summed E-state index contributed by atoms with van der Waals surface area (Å²) < 4.78 is 0. The first-order valence-electron chi connectivity index (χ1n) is 3.87. The van der Waals surface area contributed by atoms with E-state index in [1.165, 1.54) is 0 Å². The molecule has 4 heteroatoms. The maximum atomic E-state index is 9.84. The highest BCUT2D eigenvalue weighted by atomic mass is 16.1. The van der Waals surface area contributed by atoms with Crippen molar-refractivity contribution in [2.75, 3.05) is 0 Å². The van der Waals surface area contributed by atoms with E-state index in [9.17, 15) is 4.79 Å². The SMILES string of the molecule is Cc1ccc(/C=C/NNC=O)nc1. The molecule has 0 spiro atoms. The molecule has 4 nitrogen and oxygen atoms in total. The molecule has 0 atom stereocenters. The molecule has 1 amide bonds. The monoisotopic (exact) mass is 177 g/mol. The number of hydrazine groups is 1. The van der Waals surface area contributed by atoms with E-state index < -0.39 is 0 Å². The van der Waals surface area contributed by atoms with Crippen LogP contribution in [-0.4, -0.2) is 11.4 Å². The van der Waals surface area contributed by atoms with E-state index in [2.05, 4.69) is 15.8 Å². The summed E-state index contributed by atoms with van der Waals surface area (Å²) in [5.41, 5.74) is 6.80. The average Bonchev–Trinajstić information content (AvgIpc) is 2.15. The highest BCUT2D eigenvalue weighted by molar-refractivity contribution is 5.47. The lowest BCUT2D eigenvalue weighted by Gasteiger charge is -1.95. The number of aromatic nitrogens is 1. The van der Waals surface area contributed by atoms with Crippen LogP contribution in [0.2, 0.25) is 0 Å². The van der Waals surface area contributed by atoms with Crippen molar-refractivity contribution in [2.24, 2.45) is 0 Å². The fraction of sp³-hybridized carbons (Fsp3) is 0.111.